The number of sulfonamides is 1. The normalized spacial score (nSPS) is 16.6. The van der Waals surface area contributed by atoms with Crippen molar-refractivity contribution in [1.29, 1.82) is 0 Å². The summed E-state index contributed by atoms with van der Waals surface area (Å²) in [7, 11) is -3.68. The smallest absolute Gasteiger partial charge is 0.251 e. The van der Waals surface area contributed by atoms with Gasteiger partial charge in [-0.1, -0.05) is 24.3 Å². The number of rotatable bonds is 9. The molecule has 150 valence electrons. The highest BCUT2D eigenvalue weighted by atomic mass is 32.2. The average Bonchev–Trinajstić information content (AvgIpc) is 3.24. The van der Waals surface area contributed by atoms with Crippen LogP contribution in [0.2, 0.25) is 0 Å². The van der Waals surface area contributed by atoms with E-state index in [0.717, 1.165) is 12.2 Å². The minimum atomic E-state index is -3.68. The number of carbonyl (C=O) groups is 1. The molecule has 1 aliphatic heterocycles. The van der Waals surface area contributed by atoms with Gasteiger partial charge in [-0.2, -0.15) is 0 Å². The average molecular weight is 404 g/mol. The van der Waals surface area contributed by atoms with Gasteiger partial charge in [-0.05, 0) is 42.7 Å². The topological polar surface area (TPSA) is 93.7 Å². The molecular weight excluding hydrogens is 380 g/mol. The van der Waals surface area contributed by atoms with Crippen LogP contribution in [0.15, 0.2) is 59.5 Å². The van der Waals surface area contributed by atoms with Crippen LogP contribution in [0.25, 0.3) is 0 Å². The first kappa shape index (κ1) is 20.3. The molecule has 1 aliphatic rings. The molecule has 0 spiro atoms. The Morgan fingerprint density at radius 1 is 1.14 bits per heavy atom. The molecule has 3 rings (SSSR count). The Hall–Kier alpha value is -2.42. The van der Waals surface area contributed by atoms with E-state index in [1.165, 1.54) is 12.1 Å². The van der Waals surface area contributed by atoms with Gasteiger partial charge in [0.15, 0.2) is 0 Å². The van der Waals surface area contributed by atoms with Gasteiger partial charge in [-0.25, -0.2) is 13.1 Å². The third kappa shape index (κ3) is 5.79. The zero-order chi connectivity index (χ0) is 19.8. The van der Waals surface area contributed by atoms with Gasteiger partial charge in [0.1, 0.15) is 12.4 Å². The molecular formula is C20H24N2O5S. The van der Waals surface area contributed by atoms with Gasteiger partial charge in [-0.3, -0.25) is 4.79 Å². The van der Waals surface area contributed by atoms with E-state index in [1.54, 1.807) is 12.1 Å². The van der Waals surface area contributed by atoms with Crippen LogP contribution < -0.4 is 14.8 Å². The predicted molar refractivity (Wildman–Crippen MR) is 105 cm³/mol. The van der Waals surface area contributed by atoms with Crippen LogP contribution in [-0.2, 0) is 14.8 Å². The molecule has 0 bridgehead atoms. The lowest BCUT2D eigenvalue weighted by Gasteiger charge is -2.11. The molecule has 0 radical (unpaired) electrons. The zero-order valence-electron chi connectivity index (χ0n) is 15.5. The quantitative estimate of drug-likeness (QED) is 0.622. The van der Waals surface area contributed by atoms with Crippen LogP contribution in [0.3, 0.4) is 0 Å². The zero-order valence-corrected chi connectivity index (χ0v) is 16.3. The highest BCUT2D eigenvalue weighted by Gasteiger charge is 2.21. The van der Waals surface area contributed by atoms with Gasteiger partial charge in [0.2, 0.25) is 10.0 Å². The predicted octanol–water partition coefficient (Wildman–Crippen LogP) is 1.81. The van der Waals surface area contributed by atoms with Crippen molar-refractivity contribution in [2.75, 3.05) is 32.9 Å². The lowest BCUT2D eigenvalue weighted by atomic mass is 10.1. The SMILES string of the molecule is O=C(NCCOc1ccccc1)c1cccc(S(=O)(=O)NCC2CCOC2)c1. The summed E-state index contributed by atoms with van der Waals surface area (Å²) in [5.41, 5.74) is 0.284. The van der Waals surface area contributed by atoms with Gasteiger partial charge in [0.25, 0.3) is 5.91 Å². The van der Waals surface area contributed by atoms with Crippen LogP contribution in [0.5, 0.6) is 5.75 Å². The highest BCUT2D eigenvalue weighted by Crippen LogP contribution is 2.15. The van der Waals surface area contributed by atoms with Crippen LogP contribution >= 0.6 is 0 Å². The minimum absolute atomic E-state index is 0.0691. The van der Waals surface area contributed by atoms with E-state index >= 15 is 0 Å². The van der Waals surface area contributed by atoms with Gasteiger partial charge < -0.3 is 14.8 Å². The maximum atomic E-state index is 12.5. The summed E-state index contributed by atoms with van der Waals surface area (Å²) in [6, 6.07) is 15.3. The summed E-state index contributed by atoms with van der Waals surface area (Å²) >= 11 is 0. The second-order valence-electron chi connectivity index (χ2n) is 6.53. The van der Waals surface area contributed by atoms with Crippen molar-refractivity contribution in [2.24, 2.45) is 5.92 Å². The Labute approximate surface area is 165 Å². The number of para-hydroxylation sites is 1. The first-order valence-electron chi connectivity index (χ1n) is 9.18. The Bertz CT molecular complexity index is 880. The Balaban J connectivity index is 1.51. The van der Waals surface area contributed by atoms with E-state index in [0.29, 0.717) is 32.9 Å². The minimum Gasteiger partial charge on any atom is -0.492 e. The van der Waals surface area contributed by atoms with E-state index in [1.807, 2.05) is 30.3 Å². The number of ether oxygens (including phenoxy) is 2. The Morgan fingerprint density at radius 2 is 1.96 bits per heavy atom. The second kappa shape index (κ2) is 9.68. The van der Waals surface area contributed by atoms with Crippen LogP contribution in [0.4, 0.5) is 0 Å². The number of hydrogen-bond donors (Lipinski definition) is 2. The molecule has 0 aromatic heterocycles. The molecule has 0 saturated carbocycles. The van der Waals surface area contributed by atoms with Crippen molar-refractivity contribution in [3.05, 3.63) is 60.2 Å². The summed E-state index contributed by atoms with van der Waals surface area (Å²) < 4.78 is 38.3. The summed E-state index contributed by atoms with van der Waals surface area (Å²) in [6.07, 6.45) is 0.843. The van der Waals surface area contributed by atoms with Crippen molar-refractivity contribution in [2.45, 2.75) is 11.3 Å². The van der Waals surface area contributed by atoms with Crippen molar-refractivity contribution in [1.82, 2.24) is 10.0 Å². The third-order valence-electron chi connectivity index (χ3n) is 4.39. The van der Waals surface area contributed by atoms with Crippen molar-refractivity contribution in [3.63, 3.8) is 0 Å². The van der Waals surface area contributed by atoms with Crippen LogP contribution in [-0.4, -0.2) is 47.2 Å². The second-order valence-corrected chi connectivity index (χ2v) is 8.29. The molecule has 1 fully saturated rings. The molecule has 1 saturated heterocycles. The molecule has 0 aliphatic carbocycles. The number of hydrogen-bond acceptors (Lipinski definition) is 5. The summed E-state index contributed by atoms with van der Waals surface area (Å²) in [4.78, 5) is 12.4. The van der Waals surface area contributed by atoms with Gasteiger partial charge in [-0.15, -0.1) is 0 Å². The molecule has 7 nitrogen and oxygen atoms in total. The lowest BCUT2D eigenvalue weighted by Crippen LogP contribution is -2.30. The van der Waals surface area contributed by atoms with Crippen molar-refractivity contribution in [3.8, 4) is 5.75 Å². The fourth-order valence-electron chi connectivity index (χ4n) is 2.81. The third-order valence-corrected chi connectivity index (χ3v) is 5.81. The first-order chi connectivity index (χ1) is 13.5. The number of benzene rings is 2. The van der Waals surface area contributed by atoms with E-state index in [-0.39, 0.29) is 22.3 Å². The van der Waals surface area contributed by atoms with Crippen molar-refractivity contribution >= 4 is 15.9 Å². The molecule has 2 aromatic rings. The molecule has 2 aromatic carbocycles. The monoisotopic (exact) mass is 404 g/mol. The van der Waals surface area contributed by atoms with E-state index in [4.69, 9.17) is 9.47 Å². The van der Waals surface area contributed by atoms with Gasteiger partial charge >= 0.3 is 0 Å². The molecule has 1 unspecified atom stereocenters. The largest absolute Gasteiger partial charge is 0.492 e. The first-order valence-corrected chi connectivity index (χ1v) is 10.7. The number of amides is 1. The fraction of sp³-hybridized carbons (Fsp3) is 0.350. The maximum absolute atomic E-state index is 12.5. The molecule has 1 amide bonds. The lowest BCUT2D eigenvalue weighted by molar-refractivity contribution is 0.0947. The number of carbonyl (C=O) groups excluding carboxylic acids is 1. The highest BCUT2D eigenvalue weighted by molar-refractivity contribution is 7.89. The molecule has 8 heteroatoms. The van der Waals surface area contributed by atoms with Gasteiger partial charge in [0, 0.05) is 18.7 Å². The van der Waals surface area contributed by atoms with E-state index < -0.39 is 10.0 Å². The summed E-state index contributed by atoms with van der Waals surface area (Å²) in [5, 5.41) is 2.73. The van der Waals surface area contributed by atoms with E-state index in [2.05, 4.69) is 10.0 Å². The van der Waals surface area contributed by atoms with Crippen molar-refractivity contribution < 1.29 is 22.7 Å². The summed E-state index contributed by atoms with van der Waals surface area (Å²) in [6.45, 7) is 2.19. The standard InChI is InChI=1S/C20H24N2O5S/c23-20(21-10-12-27-18-6-2-1-3-7-18)17-5-4-8-19(13-17)28(24,25)22-14-16-9-11-26-15-16/h1-8,13,16,22H,9-12,14-15H2,(H,21,23). The van der Waals surface area contributed by atoms with E-state index in [9.17, 15) is 13.2 Å². The number of nitrogens with one attached hydrogen (secondary N) is 2. The molecule has 1 heterocycles. The van der Waals surface area contributed by atoms with Crippen LogP contribution in [0, 0.1) is 5.92 Å². The Kier molecular flexibility index (Phi) is 7.02. The molecule has 2 N–H and O–H groups in total. The maximum Gasteiger partial charge on any atom is 0.251 e. The van der Waals surface area contributed by atoms with Crippen LogP contribution in [0.1, 0.15) is 16.8 Å². The molecule has 28 heavy (non-hydrogen) atoms. The molecule has 1 atom stereocenters. The fourth-order valence-corrected chi connectivity index (χ4v) is 3.97. The Morgan fingerprint density at radius 3 is 2.71 bits per heavy atom. The summed E-state index contributed by atoms with van der Waals surface area (Å²) in [5.74, 6) is 0.562. The van der Waals surface area contributed by atoms with Gasteiger partial charge in [0.05, 0.1) is 18.0 Å².